The number of hydrogen-bond acceptors (Lipinski definition) is 3. The number of imidazole rings is 1. The lowest BCUT2D eigenvalue weighted by Crippen LogP contribution is -2.15. The van der Waals surface area contributed by atoms with E-state index in [0.717, 1.165) is 31.1 Å². The second-order valence-corrected chi connectivity index (χ2v) is 5.52. The number of nitrogens with one attached hydrogen (secondary N) is 1. The highest BCUT2D eigenvalue weighted by Gasteiger charge is 2.08. The van der Waals surface area contributed by atoms with Crippen LogP contribution >= 0.6 is 11.6 Å². The molecule has 0 saturated heterocycles. The molecule has 0 aliphatic heterocycles. The minimum atomic E-state index is 0.410. The van der Waals surface area contributed by atoms with Gasteiger partial charge in [-0.15, -0.1) is 0 Å². The van der Waals surface area contributed by atoms with Crippen molar-refractivity contribution in [1.82, 2.24) is 14.9 Å². The van der Waals surface area contributed by atoms with Crippen LogP contribution in [0.15, 0.2) is 24.4 Å². The Labute approximate surface area is 131 Å². The van der Waals surface area contributed by atoms with Crippen molar-refractivity contribution in [2.45, 2.75) is 33.4 Å². The second kappa shape index (κ2) is 7.48. The number of rotatable bonds is 7. The third-order valence-electron chi connectivity index (χ3n) is 3.34. The Morgan fingerprint density at radius 3 is 2.86 bits per heavy atom. The van der Waals surface area contributed by atoms with Crippen molar-refractivity contribution in [2.24, 2.45) is 7.05 Å². The van der Waals surface area contributed by atoms with E-state index in [9.17, 15) is 0 Å². The summed E-state index contributed by atoms with van der Waals surface area (Å²) in [4.78, 5) is 4.24. The first kappa shape index (κ1) is 15.9. The highest BCUT2D eigenvalue weighted by Crippen LogP contribution is 2.21. The van der Waals surface area contributed by atoms with E-state index >= 15 is 0 Å². The lowest BCUT2D eigenvalue weighted by molar-refractivity contribution is 0.288. The quantitative estimate of drug-likeness (QED) is 0.796. The van der Waals surface area contributed by atoms with Gasteiger partial charge in [0.1, 0.15) is 23.3 Å². The van der Waals surface area contributed by atoms with Gasteiger partial charge in [0, 0.05) is 19.2 Å². The van der Waals surface area contributed by atoms with Crippen molar-refractivity contribution in [3.63, 3.8) is 0 Å². The average molecular weight is 308 g/mol. The molecule has 0 bridgehead atoms. The molecular weight excluding hydrogens is 286 g/mol. The van der Waals surface area contributed by atoms with E-state index in [1.165, 1.54) is 11.1 Å². The molecule has 1 heterocycles. The molecule has 0 radical (unpaired) electrons. The van der Waals surface area contributed by atoms with Gasteiger partial charge < -0.3 is 14.6 Å². The third-order valence-corrected chi connectivity index (χ3v) is 3.69. The maximum absolute atomic E-state index is 5.98. The van der Waals surface area contributed by atoms with Gasteiger partial charge in [-0.25, -0.2) is 4.98 Å². The van der Waals surface area contributed by atoms with Gasteiger partial charge in [0.05, 0.1) is 6.20 Å². The summed E-state index contributed by atoms with van der Waals surface area (Å²) in [5.41, 5.74) is 2.40. The summed E-state index contributed by atoms with van der Waals surface area (Å²) < 4.78 is 7.75. The molecule has 0 aliphatic rings. The number of halogens is 1. The Balaban J connectivity index is 2.06. The van der Waals surface area contributed by atoms with E-state index in [0.29, 0.717) is 11.8 Å². The number of aromatic nitrogens is 2. The Morgan fingerprint density at radius 1 is 1.38 bits per heavy atom. The highest BCUT2D eigenvalue weighted by molar-refractivity contribution is 6.29. The van der Waals surface area contributed by atoms with Crippen LogP contribution in [-0.2, 0) is 20.2 Å². The lowest BCUT2D eigenvalue weighted by Gasteiger charge is -2.13. The Bertz CT molecular complexity index is 595. The molecule has 0 amide bonds. The molecule has 0 fully saturated rings. The molecule has 0 saturated carbocycles. The van der Waals surface area contributed by atoms with Gasteiger partial charge in [-0.1, -0.05) is 36.2 Å². The third kappa shape index (κ3) is 4.22. The van der Waals surface area contributed by atoms with Crippen molar-refractivity contribution in [3.05, 3.63) is 46.5 Å². The Morgan fingerprint density at radius 2 is 2.19 bits per heavy atom. The molecule has 0 spiro atoms. The van der Waals surface area contributed by atoms with Gasteiger partial charge >= 0.3 is 0 Å². The van der Waals surface area contributed by atoms with Crippen LogP contribution in [0.1, 0.15) is 30.3 Å². The van der Waals surface area contributed by atoms with Gasteiger partial charge in [-0.05, 0) is 26.0 Å². The second-order valence-electron chi connectivity index (χ2n) is 5.13. The van der Waals surface area contributed by atoms with Crippen molar-refractivity contribution >= 4 is 11.6 Å². The number of nitrogens with zero attached hydrogens (tertiary/aromatic N) is 2. The molecule has 114 valence electrons. The predicted molar refractivity (Wildman–Crippen MR) is 85.7 cm³/mol. The first-order chi connectivity index (χ1) is 10.1. The molecular formula is C16H22ClN3O. The smallest absolute Gasteiger partial charge is 0.147 e. The summed E-state index contributed by atoms with van der Waals surface area (Å²) in [7, 11) is 1.88. The molecule has 2 aromatic rings. The van der Waals surface area contributed by atoms with E-state index in [-0.39, 0.29) is 0 Å². The monoisotopic (exact) mass is 307 g/mol. The molecule has 0 atom stereocenters. The maximum atomic E-state index is 5.98. The summed E-state index contributed by atoms with van der Waals surface area (Å²) in [6, 6.07) is 6.23. The standard InChI is InChI=1S/C16H22ClN3O/c1-4-7-18-9-13-8-12(2)5-6-14(13)21-11-16-19-10-15(17)20(16)3/h5-6,8,10,18H,4,7,9,11H2,1-3H3. The van der Waals surface area contributed by atoms with Gasteiger partial charge in [0.25, 0.3) is 0 Å². The fourth-order valence-electron chi connectivity index (χ4n) is 2.09. The van der Waals surface area contributed by atoms with Crippen molar-refractivity contribution in [3.8, 4) is 5.75 Å². The fraction of sp³-hybridized carbons (Fsp3) is 0.438. The number of benzene rings is 1. The molecule has 1 N–H and O–H groups in total. The zero-order valence-corrected chi connectivity index (χ0v) is 13.6. The van der Waals surface area contributed by atoms with Crippen molar-refractivity contribution < 1.29 is 4.74 Å². The number of hydrogen-bond donors (Lipinski definition) is 1. The highest BCUT2D eigenvalue weighted by atomic mass is 35.5. The van der Waals surface area contributed by atoms with Crippen molar-refractivity contribution in [1.29, 1.82) is 0 Å². The topological polar surface area (TPSA) is 39.1 Å². The average Bonchev–Trinajstić information content (AvgIpc) is 2.78. The van der Waals surface area contributed by atoms with Crippen LogP contribution in [0.2, 0.25) is 5.15 Å². The van der Waals surface area contributed by atoms with E-state index in [1.54, 1.807) is 6.20 Å². The first-order valence-corrected chi connectivity index (χ1v) is 7.58. The fourth-order valence-corrected chi connectivity index (χ4v) is 2.23. The summed E-state index contributed by atoms with van der Waals surface area (Å²) in [5.74, 6) is 1.70. The largest absolute Gasteiger partial charge is 0.485 e. The Kier molecular flexibility index (Phi) is 5.65. The van der Waals surface area contributed by atoms with Crippen LogP contribution in [0.5, 0.6) is 5.75 Å². The van der Waals surface area contributed by atoms with Crippen LogP contribution in [0, 0.1) is 6.92 Å². The molecule has 0 aliphatic carbocycles. The zero-order chi connectivity index (χ0) is 15.2. The molecule has 21 heavy (non-hydrogen) atoms. The minimum absolute atomic E-state index is 0.410. The van der Waals surface area contributed by atoms with E-state index < -0.39 is 0 Å². The van der Waals surface area contributed by atoms with E-state index in [1.807, 2.05) is 17.7 Å². The molecule has 0 unspecified atom stereocenters. The van der Waals surface area contributed by atoms with Gasteiger partial charge in [-0.3, -0.25) is 0 Å². The van der Waals surface area contributed by atoms with E-state index in [2.05, 4.69) is 36.3 Å². The van der Waals surface area contributed by atoms with Crippen molar-refractivity contribution in [2.75, 3.05) is 6.54 Å². The van der Waals surface area contributed by atoms with Gasteiger partial charge in [-0.2, -0.15) is 0 Å². The van der Waals surface area contributed by atoms with Crippen LogP contribution in [0.3, 0.4) is 0 Å². The van der Waals surface area contributed by atoms with Crippen LogP contribution < -0.4 is 10.1 Å². The maximum Gasteiger partial charge on any atom is 0.147 e. The molecule has 5 heteroatoms. The normalized spacial score (nSPS) is 10.9. The first-order valence-electron chi connectivity index (χ1n) is 7.21. The molecule has 1 aromatic carbocycles. The Hall–Kier alpha value is -1.52. The van der Waals surface area contributed by atoms with Crippen LogP contribution in [0.25, 0.3) is 0 Å². The lowest BCUT2D eigenvalue weighted by atomic mass is 10.1. The van der Waals surface area contributed by atoms with Crippen LogP contribution in [0.4, 0.5) is 0 Å². The number of aryl methyl sites for hydroxylation is 1. The molecule has 2 rings (SSSR count). The zero-order valence-electron chi connectivity index (χ0n) is 12.8. The van der Waals surface area contributed by atoms with Crippen LogP contribution in [-0.4, -0.2) is 16.1 Å². The SMILES string of the molecule is CCCNCc1cc(C)ccc1OCc1ncc(Cl)n1C. The molecule has 4 nitrogen and oxygen atoms in total. The minimum Gasteiger partial charge on any atom is -0.485 e. The summed E-state index contributed by atoms with van der Waals surface area (Å²) >= 11 is 5.98. The number of ether oxygens (including phenoxy) is 1. The predicted octanol–water partition coefficient (Wildman–Crippen LogP) is 3.46. The van der Waals surface area contributed by atoms with Gasteiger partial charge in [0.2, 0.25) is 0 Å². The van der Waals surface area contributed by atoms with Gasteiger partial charge in [0.15, 0.2) is 0 Å². The summed E-state index contributed by atoms with van der Waals surface area (Å²) in [6.45, 7) is 6.47. The summed E-state index contributed by atoms with van der Waals surface area (Å²) in [6.07, 6.45) is 2.76. The molecule has 1 aromatic heterocycles. The summed E-state index contributed by atoms with van der Waals surface area (Å²) in [5, 5.41) is 4.02. The van der Waals surface area contributed by atoms with E-state index in [4.69, 9.17) is 16.3 Å².